The topological polar surface area (TPSA) is 64.6 Å². The highest BCUT2D eigenvalue weighted by Crippen LogP contribution is 2.51. The molecule has 1 N–H and O–H groups in total. The third kappa shape index (κ3) is 12.9. The van der Waals surface area contributed by atoms with E-state index < -0.39 is 13.4 Å². The van der Waals surface area contributed by atoms with Gasteiger partial charge < -0.3 is 14.4 Å². The fourth-order valence-corrected chi connectivity index (χ4v) is 4.50. The molecule has 156 valence electrons. The molecule has 0 saturated carbocycles. The Hall–Kier alpha value is -0.380. The molecule has 0 aromatic carbocycles. The Kier molecular flexibility index (Phi) is 16.5. The quantitative estimate of drug-likeness (QED) is 0.216. The third-order valence-electron chi connectivity index (χ3n) is 4.47. The summed E-state index contributed by atoms with van der Waals surface area (Å²) < 4.78 is 23.1. The average molecular weight is 392 g/mol. The van der Waals surface area contributed by atoms with Gasteiger partial charge in [0.05, 0.1) is 13.2 Å². The summed E-state index contributed by atoms with van der Waals surface area (Å²) in [5.74, 6) is -0.685. The molecule has 0 aliphatic heterocycles. The van der Waals surface area contributed by atoms with Gasteiger partial charge in [-0.25, -0.2) is 0 Å². The largest absolute Gasteiger partial charge is 0.352 e. The number of nitrogens with one attached hydrogen (secondary N) is 1. The Balaban J connectivity index is 3.72. The molecular formula is C20H42NO4P. The molecule has 0 radical (unpaired) electrons. The highest BCUT2D eigenvalue weighted by molar-refractivity contribution is 7.54. The van der Waals surface area contributed by atoms with Crippen LogP contribution in [0.2, 0.25) is 0 Å². The number of amides is 1. The summed E-state index contributed by atoms with van der Waals surface area (Å²) in [5, 5.41) is 2.77. The molecule has 6 heteroatoms. The van der Waals surface area contributed by atoms with Gasteiger partial charge in [-0.05, 0) is 27.2 Å². The van der Waals surface area contributed by atoms with Crippen molar-refractivity contribution in [2.45, 2.75) is 111 Å². The molecule has 0 aliphatic rings. The molecule has 0 saturated heterocycles. The number of hydrogen-bond acceptors (Lipinski definition) is 4. The molecule has 0 spiro atoms. The van der Waals surface area contributed by atoms with Gasteiger partial charge in [-0.15, -0.1) is 0 Å². The Morgan fingerprint density at radius 1 is 0.808 bits per heavy atom. The van der Waals surface area contributed by atoms with E-state index in [1.807, 2.05) is 0 Å². The van der Waals surface area contributed by atoms with Gasteiger partial charge >= 0.3 is 7.60 Å². The van der Waals surface area contributed by atoms with Gasteiger partial charge in [0, 0.05) is 6.42 Å². The second-order valence-corrected chi connectivity index (χ2v) is 9.28. The molecule has 1 atom stereocenters. The predicted octanol–water partition coefficient (Wildman–Crippen LogP) is 6.42. The van der Waals surface area contributed by atoms with Crippen LogP contribution in [0.5, 0.6) is 0 Å². The summed E-state index contributed by atoms with van der Waals surface area (Å²) in [6.07, 6.45) is 14.3. The van der Waals surface area contributed by atoms with Crippen LogP contribution in [0.3, 0.4) is 0 Å². The highest BCUT2D eigenvalue weighted by atomic mass is 31.2. The minimum absolute atomic E-state index is 0.0759. The SMILES string of the molecule is CCCCCCCCCCCCCC(=O)N[C@@H](C)P(=O)(OCC)OCC. The fraction of sp³-hybridized carbons (Fsp3) is 0.950. The van der Waals surface area contributed by atoms with Crippen LogP contribution >= 0.6 is 7.60 Å². The lowest BCUT2D eigenvalue weighted by atomic mass is 10.1. The first-order valence-electron chi connectivity index (χ1n) is 10.7. The summed E-state index contributed by atoms with van der Waals surface area (Å²) in [5.41, 5.74) is 0. The van der Waals surface area contributed by atoms with Crippen LogP contribution in [0.1, 0.15) is 105 Å². The van der Waals surface area contributed by atoms with Crippen molar-refractivity contribution in [3.05, 3.63) is 0 Å². The molecule has 0 fully saturated rings. The van der Waals surface area contributed by atoms with Gasteiger partial charge in [0.2, 0.25) is 5.91 Å². The highest BCUT2D eigenvalue weighted by Gasteiger charge is 2.32. The van der Waals surface area contributed by atoms with Crippen molar-refractivity contribution in [1.82, 2.24) is 5.32 Å². The Morgan fingerprint density at radius 3 is 1.65 bits per heavy atom. The summed E-state index contributed by atoms with van der Waals surface area (Å²) >= 11 is 0. The zero-order valence-corrected chi connectivity index (χ0v) is 18.5. The summed E-state index contributed by atoms with van der Waals surface area (Å²) in [4.78, 5) is 12.0. The second kappa shape index (κ2) is 16.8. The van der Waals surface area contributed by atoms with Gasteiger partial charge in [0.1, 0.15) is 5.78 Å². The number of unbranched alkanes of at least 4 members (excludes halogenated alkanes) is 10. The van der Waals surface area contributed by atoms with E-state index in [-0.39, 0.29) is 5.91 Å². The zero-order valence-electron chi connectivity index (χ0n) is 17.6. The molecule has 1 amide bonds. The van der Waals surface area contributed by atoms with Crippen molar-refractivity contribution >= 4 is 13.5 Å². The third-order valence-corrected chi connectivity index (χ3v) is 6.78. The molecule has 0 unspecified atom stereocenters. The van der Waals surface area contributed by atoms with Crippen LogP contribution in [0.4, 0.5) is 0 Å². The van der Waals surface area contributed by atoms with Crippen molar-refractivity contribution in [3.63, 3.8) is 0 Å². The molecule has 0 rings (SSSR count). The van der Waals surface area contributed by atoms with E-state index in [9.17, 15) is 9.36 Å². The lowest BCUT2D eigenvalue weighted by Crippen LogP contribution is -2.33. The first kappa shape index (κ1) is 25.6. The van der Waals surface area contributed by atoms with E-state index in [0.717, 1.165) is 12.8 Å². The van der Waals surface area contributed by atoms with Crippen LogP contribution in [-0.4, -0.2) is 24.9 Å². The van der Waals surface area contributed by atoms with Gasteiger partial charge in [-0.3, -0.25) is 9.36 Å². The van der Waals surface area contributed by atoms with Crippen LogP contribution in [-0.2, 0) is 18.4 Å². The zero-order chi connectivity index (χ0) is 19.7. The molecule has 0 aliphatic carbocycles. The van der Waals surface area contributed by atoms with Crippen LogP contribution in [0.15, 0.2) is 0 Å². The van der Waals surface area contributed by atoms with E-state index in [1.165, 1.54) is 57.8 Å². The van der Waals surface area contributed by atoms with Crippen molar-refractivity contribution < 1.29 is 18.4 Å². The molecule has 26 heavy (non-hydrogen) atoms. The molecule has 0 aromatic rings. The number of hydrogen-bond donors (Lipinski definition) is 1. The first-order valence-corrected chi connectivity index (χ1v) is 12.3. The van der Waals surface area contributed by atoms with Crippen molar-refractivity contribution in [2.75, 3.05) is 13.2 Å². The number of carbonyl (C=O) groups excluding carboxylic acids is 1. The number of carbonyl (C=O) groups is 1. The lowest BCUT2D eigenvalue weighted by Gasteiger charge is -2.24. The van der Waals surface area contributed by atoms with E-state index in [4.69, 9.17) is 9.05 Å². The fourth-order valence-electron chi connectivity index (χ4n) is 2.95. The maximum atomic E-state index is 12.5. The molecule has 0 aromatic heterocycles. The Morgan fingerprint density at radius 2 is 1.23 bits per heavy atom. The summed E-state index contributed by atoms with van der Waals surface area (Å²) in [6, 6.07) is 0. The monoisotopic (exact) mass is 391 g/mol. The van der Waals surface area contributed by atoms with Crippen molar-refractivity contribution in [3.8, 4) is 0 Å². The van der Waals surface area contributed by atoms with E-state index in [1.54, 1.807) is 20.8 Å². The molecule has 5 nitrogen and oxygen atoms in total. The predicted molar refractivity (Wildman–Crippen MR) is 110 cm³/mol. The standard InChI is InChI=1S/C20H42NO4P/c1-5-8-9-10-11-12-13-14-15-16-17-18-20(22)21-19(4)26(23,24-6-2)25-7-3/h19H,5-18H2,1-4H3,(H,21,22)/t19-/m1/s1. The molecular weight excluding hydrogens is 349 g/mol. The van der Waals surface area contributed by atoms with E-state index in [2.05, 4.69) is 12.2 Å². The lowest BCUT2D eigenvalue weighted by molar-refractivity contribution is -0.121. The Bertz CT molecular complexity index is 380. The molecule has 0 heterocycles. The first-order chi connectivity index (χ1) is 12.5. The van der Waals surface area contributed by atoms with Crippen LogP contribution in [0, 0.1) is 0 Å². The average Bonchev–Trinajstić information content (AvgIpc) is 2.60. The maximum Gasteiger partial charge on any atom is 0.352 e. The minimum Gasteiger partial charge on any atom is -0.342 e. The van der Waals surface area contributed by atoms with Crippen LogP contribution < -0.4 is 5.32 Å². The summed E-state index contributed by atoms with van der Waals surface area (Å²) in [6.45, 7) is 8.07. The van der Waals surface area contributed by atoms with Crippen LogP contribution in [0.25, 0.3) is 0 Å². The van der Waals surface area contributed by atoms with E-state index in [0.29, 0.717) is 19.6 Å². The van der Waals surface area contributed by atoms with Gasteiger partial charge in [-0.1, -0.05) is 71.1 Å². The van der Waals surface area contributed by atoms with Crippen molar-refractivity contribution in [1.29, 1.82) is 0 Å². The smallest absolute Gasteiger partial charge is 0.342 e. The minimum atomic E-state index is -3.26. The van der Waals surface area contributed by atoms with Gasteiger partial charge in [0.15, 0.2) is 0 Å². The molecule has 0 bridgehead atoms. The maximum absolute atomic E-state index is 12.5. The Labute approximate surface area is 161 Å². The van der Waals surface area contributed by atoms with E-state index >= 15 is 0 Å². The summed E-state index contributed by atoms with van der Waals surface area (Å²) in [7, 11) is -3.26. The van der Waals surface area contributed by atoms with Gasteiger partial charge in [0.25, 0.3) is 0 Å². The number of rotatable bonds is 18. The second-order valence-electron chi connectivity index (χ2n) is 6.90. The van der Waals surface area contributed by atoms with Crippen molar-refractivity contribution in [2.24, 2.45) is 0 Å². The van der Waals surface area contributed by atoms with Gasteiger partial charge in [-0.2, -0.15) is 0 Å². The normalized spacial score (nSPS) is 12.9.